The zero-order valence-electron chi connectivity index (χ0n) is 18.9. The minimum Gasteiger partial charge on any atom is -0.492 e. The third kappa shape index (κ3) is 6.16. The highest BCUT2D eigenvalue weighted by molar-refractivity contribution is 7.18. The summed E-state index contributed by atoms with van der Waals surface area (Å²) in [5.41, 5.74) is 15.0. The van der Waals surface area contributed by atoms with Crippen molar-refractivity contribution in [1.29, 1.82) is 5.26 Å². The van der Waals surface area contributed by atoms with Crippen LogP contribution in [-0.4, -0.2) is 24.0 Å². The van der Waals surface area contributed by atoms with Gasteiger partial charge in [0.1, 0.15) is 16.8 Å². The van der Waals surface area contributed by atoms with Crippen molar-refractivity contribution in [3.8, 4) is 32.8 Å². The molecule has 0 bridgehead atoms. The number of amides is 1. The van der Waals surface area contributed by atoms with E-state index in [4.69, 9.17) is 10.5 Å². The molecule has 0 atom stereocenters. The van der Waals surface area contributed by atoms with E-state index >= 15 is 0 Å². The van der Waals surface area contributed by atoms with Gasteiger partial charge in [0.15, 0.2) is 0 Å². The van der Waals surface area contributed by atoms with Crippen LogP contribution >= 0.6 is 11.3 Å². The molecule has 1 aromatic heterocycles. The summed E-state index contributed by atoms with van der Waals surface area (Å²) >= 11 is 1.68. The smallest absolute Gasteiger partial charge is 0.231 e. The Labute approximate surface area is 193 Å². The van der Waals surface area contributed by atoms with Gasteiger partial charge in [0, 0.05) is 11.8 Å². The summed E-state index contributed by atoms with van der Waals surface area (Å²) in [6.07, 6.45) is 5.53. The lowest BCUT2D eigenvalue weighted by Crippen LogP contribution is -2.21. The number of hydrogen-bond acceptors (Lipinski definition) is 6. The maximum Gasteiger partial charge on any atom is 0.231 e. The van der Waals surface area contributed by atoms with Gasteiger partial charge in [-0.1, -0.05) is 32.0 Å². The molecule has 1 aliphatic rings. The van der Waals surface area contributed by atoms with Gasteiger partial charge in [-0.15, -0.1) is 11.3 Å². The van der Waals surface area contributed by atoms with Crippen LogP contribution in [0.15, 0.2) is 42.6 Å². The summed E-state index contributed by atoms with van der Waals surface area (Å²) in [5.74, 6) is 0.163. The van der Waals surface area contributed by atoms with E-state index in [9.17, 15) is 10.1 Å². The molecule has 0 saturated carbocycles. The predicted octanol–water partition coefficient (Wildman–Crippen LogP) is 4.69. The fraction of sp³-hybridized carbons (Fsp3) is 0.320. The number of aromatic nitrogens is 1. The fourth-order valence-electron chi connectivity index (χ4n) is 3.41. The number of carbonyl (C=O) groups excluding carboxylic acids is 1. The summed E-state index contributed by atoms with van der Waals surface area (Å²) in [7, 11) is 0. The predicted molar refractivity (Wildman–Crippen MR) is 130 cm³/mol. The van der Waals surface area contributed by atoms with Gasteiger partial charge in [0.2, 0.25) is 5.91 Å². The molecule has 0 spiro atoms. The van der Waals surface area contributed by atoms with Crippen molar-refractivity contribution < 1.29 is 9.53 Å². The number of nitriles is 1. The Bertz CT molecular complexity index is 1090. The maximum atomic E-state index is 9.47. The first kappa shape index (κ1) is 25.1. The molecule has 1 amide bonds. The third-order valence-corrected chi connectivity index (χ3v) is 5.84. The number of fused-ring (bicyclic) bond motifs is 1. The highest BCUT2D eigenvalue weighted by atomic mass is 32.1. The number of aryl methyl sites for hydroxylation is 1. The molecule has 1 aliphatic carbocycles. The van der Waals surface area contributed by atoms with Crippen molar-refractivity contribution >= 4 is 17.2 Å². The molecule has 4 N–H and O–H groups in total. The molecule has 0 aliphatic heterocycles. The van der Waals surface area contributed by atoms with Crippen LogP contribution in [-0.2, 0) is 17.6 Å². The number of carbonyl (C=O) groups is 1. The van der Waals surface area contributed by atoms with Crippen LogP contribution in [0.2, 0.25) is 0 Å². The lowest BCUT2D eigenvalue weighted by molar-refractivity contribution is -0.116. The summed E-state index contributed by atoms with van der Waals surface area (Å²) in [5, 5.41) is 10.3. The molecule has 6 nitrogen and oxygen atoms in total. The average Bonchev–Trinajstić information content (AvgIpc) is 3.51. The molecule has 168 valence electrons. The highest BCUT2D eigenvalue weighted by Gasteiger charge is 2.17. The molecule has 0 fully saturated rings. The van der Waals surface area contributed by atoms with E-state index in [1.54, 1.807) is 11.3 Å². The van der Waals surface area contributed by atoms with Crippen LogP contribution < -0.4 is 16.2 Å². The second-order valence-electron chi connectivity index (χ2n) is 6.75. The Kier molecular flexibility index (Phi) is 9.86. The molecule has 0 radical (unpaired) electrons. The Morgan fingerprint density at radius 2 is 2.00 bits per heavy atom. The number of benzene rings is 2. The summed E-state index contributed by atoms with van der Waals surface area (Å²) < 4.78 is 5.50. The molecule has 0 saturated heterocycles. The maximum absolute atomic E-state index is 9.47. The van der Waals surface area contributed by atoms with E-state index in [1.807, 2.05) is 45.2 Å². The van der Waals surface area contributed by atoms with Crippen LogP contribution in [0.4, 0.5) is 0 Å². The summed E-state index contributed by atoms with van der Waals surface area (Å²) in [6.45, 7) is 6.41. The number of ether oxygens (including phenoxy) is 1. The zero-order chi connectivity index (χ0) is 23.5. The van der Waals surface area contributed by atoms with E-state index in [1.165, 1.54) is 34.4 Å². The lowest BCUT2D eigenvalue weighted by Gasteiger charge is -2.06. The van der Waals surface area contributed by atoms with Crippen molar-refractivity contribution in [2.24, 2.45) is 11.5 Å². The molecule has 2 aromatic carbocycles. The minimum atomic E-state index is -0.468. The summed E-state index contributed by atoms with van der Waals surface area (Å²) in [6, 6.07) is 14.5. The van der Waals surface area contributed by atoms with Gasteiger partial charge in [-0.2, -0.15) is 5.26 Å². The van der Waals surface area contributed by atoms with E-state index in [-0.39, 0.29) is 6.54 Å². The normalized spacial score (nSPS) is 11.2. The largest absolute Gasteiger partial charge is 0.492 e. The van der Waals surface area contributed by atoms with Crippen molar-refractivity contribution in [1.82, 2.24) is 4.98 Å². The number of thiazole rings is 1. The van der Waals surface area contributed by atoms with Crippen LogP contribution in [0.25, 0.3) is 21.0 Å². The van der Waals surface area contributed by atoms with Crippen LogP contribution in [0.5, 0.6) is 5.75 Å². The number of nitrogens with two attached hydrogens (primary N) is 2. The van der Waals surface area contributed by atoms with Crippen molar-refractivity contribution in [2.75, 3.05) is 13.2 Å². The summed E-state index contributed by atoms with van der Waals surface area (Å²) in [4.78, 5) is 15.3. The molecular weight excluding hydrogens is 420 g/mol. The van der Waals surface area contributed by atoms with Crippen molar-refractivity contribution in [3.05, 3.63) is 59.3 Å². The number of hydrogen-bond donors (Lipinski definition) is 2. The molecule has 7 heteroatoms. The first-order valence-electron chi connectivity index (χ1n) is 10.8. The van der Waals surface area contributed by atoms with E-state index in [2.05, 4.69) is 35.0 Å². The SMILES string of the molecule is CC.CCOc1ccc(-c2ncc(-c3cccc4c3CCC4)s2)cc1C#N.NCC(N)=O. The van der Waals surface area contributed by atoms with E-state index in [0.29, 0.717) is 17.9 Å². The quantitative estimate of drug-likeness (QED) is 0.585. The van der Waals surface area contributed by atoms with Gasteiger partial charge in [-0.05, 0) is 61.1 Å². The third-order valence-electron chi connectivity index (χ3n) is 4.77. The molecule has 1 heterocycles. The molecule has 3 aromatic rings. The van der Waals surface area contributed by atoms with Gasteiger partial charge in [0.05, 0.1) is 23.6 Å². The fourth-order valence-corrected chi connectivity index (χ4v) is 4.38. The lowest BCUT2D eigenvalue weighted by atomic mass is 10.0. The molecule has 0 unspecified atom stereocenters. The average molecular weight is 451 g/mol. The molecule has 32 heavy (non-hydrogen) atoms. The monoisotopic (exact) mass is 450 g/mol. The first-order chi connectivity index (χ1) is 15.6. The van der Waals surface area contributed by atoms with Gasteiger partial charge in [-0.25, -0.2) is 4.98 Å². The Hall–Kier alpha value is -3.21. The second-order valence-corrected chi connectivity index (χ2v) is 7.78. The number of rotatable bonds is 5. The first-order valence-corrected chi connectivity index (χ1v) is 11.6. The Balaban J connectivity index is 0.000000460. The minimum absolute atomic E-state index is 0.0556. The second kappa shape index (κ2) is 12.6. The van der Waals surface area contributed by atoms with Gasteiger partial charge >= 0.3 is 0 Å². The molecule has 4 rings (SSSR count). The standard InChI is InChI=1S/C21H18N2OS.C2H6N2O.C2H6/c1-2-24-19-10-9-15(11-16(19)12-22)21-23-13-20(25-21)18-8-4-6-14-5-3-7-17(14)18;3-1-2(4)5;1-2/h4,6,8-11,13H,2-3,5,7H2,1H3;1,3H2,(H2,4,5);1-2H3. The highest BCUT2D eigenvalue weighted by Crippen LogP contribution is 2.38. The zero-order valence-corrected chi connectivity index (χ0v) is 19.7. The Morgan fingerprint density at radius 1 is 1.25 bits per heavy atom. The van der Waals surface area contributed by atoms with E-state index < -0.39 is 5.91 Å². The van der Waals surface area contributed by atoms with Crippen LogP contribution in [0, 0.1) is 11.3 Å². The Morgan fingerprint density at radius 3 is 2.66 bits per heavy atom. The van der Waals surface area contributed by atoms with Crippen LogP contribution in [0.3, 0.4) is 0 Å². The number of primary amides is 1. The van der Waals surface area contributed by atoms with Crippen LogP contribution in [0.1, 0.15) is 43.9 Å². The topological polar surface area (TPSA) is 115 Å². The van der Waals surface area contributed by atoms with E-state index in [0.717, 1.165) is 17.0 Å². The molecular formula is C25H30N4O2S. The van der Waals surface area contributed by atoms with Crippen molar-refractivity contribution in [3.63, 3.8) is 0 Å². The number of nitrogens with zero attached hydrogens (tertiary/aromatic N) is 2. The van der Waals surface area contributed by atoms with Gasteiger partial charge in [-0.3, -0.25) is 4.79 Å². The van der Waals surface area contributed by atoms with Gasteiger partial charge in [0.25, 0.3) is 0 Å². The van der Waals surface area contributed by atoms with Crippen molar-refractivity contribution in [2.45, 2.75) is 40.0 Å². The van der Waals surface area contributed by atoms with Gasteiger partial charge < -0.3 is 16.2 Å².